The van der Waals surface area contributed by atoms with Crippen LogP contribution in [-0.2, 0) is 19.4 Å². The van der Waals surface area contributed by atoms with Crippen molar-refractivity contribution in [2.45, 2.75) is 51.6 Å². The molecular weight excluding hydrogens is 416 g/mol. The first-order valence-electron chi connectivity index (χ1n) is 10.9. The first-order valence-corrected chi connectivity index (χ1v) is 11.7. The third kappa shape index (κ3) is 3.55. The van der Waals surface area contributed by atoms with Crippen molar-refractivity contribution in [2.75, 3.05) is 6.54 Å². The summed E-state index contributed by atoms with van der Waals surface area (Å²) in [5.41, 5.74) is 3.80. The number of amides is 2. The summed E-state index contributed by atoms with van der Waals surface area (Å²) in [6.07, 6.45) is 7.23. The van der Waals surface area contributed by atoms with Crippen molar-refractivity contribution in [1.82, 2.24) is 14.8 Å². The summed E-state index contributed by atoms with van der Waals surface area (Å²) < 4.78 is 30.5. The van der Waals surface area contributed by atoms with E-state index < -0.39 is 17.7 Å². The van der Waals surface area contributed by atoms with Crippen LogP contribution in [0, 0.1) is 11.6 Å². The molecule has 0 spiro atoms. The molecule has 0 fully saturated rings. The maximum Gasteiger partial charge on any atom is 0.318 e. The normalized spacial score (nSPS) is 17.5. The molecule has 162 valence electrons. The average molecular weight is 442 g/mol. The number of hydrogen-bond acceptors (Lipinski definition) is 2. The van der Waals surface area contributed by atoms with Crippen molar-refractivity contribution < 1.29 is 13.6 Å². The van der Waals surface area contributed by atoms with Crippen molar-refractivity contribution in [3.8, 4) is 5.00 Å². The molecule has 5 rings (SSSR count). The van der Waals surface area contributed by atoms with Crippen molar-refractivity contribution >= 4 is 17.4 Å². The van der Waals surface area contributed by atoms with Crippen LogP contribution in [0.2, 0.25) is 0 Å². The molecule has 1 aromatic carbocycles. The smallest absolute Gasteiger partial charge is 0.318 e. The zero-order valence-corrected chi connectivity index (χ0v) is 18.3. The van der Waals surface area contributed by atoms with Crippen LogP contribution in [0.4, 0.5) is 13.6 Å². The quantitative estimate of drug-likeness (QED) is 0.555. The Labute approximate surface area is 184 Å². The number of carbonyl (C=O) groups excluding carboxylic acids is 1. The summed E-state index contributed by atoms with van der Waals surface area (Å²) in [5.74, 6) is -1.28. The Morgan fingerprint density at radius 3 is 2.71 bits per heavy atom. The molecule has 3 aromatic rings. The number of urea groups is 1. The number of halogens is 2. The van der Waals surface area contributed by atoms with E-state index in [1.165, 1.54) is 34.6 Å². The summed E-state index contributed by atoms with van der Waals surface area (Å²) in [4.78, 5) is 16.5. The lowest BCUT2D eigenvalue weighted by molar-refractivity contribution is 0.180. The highest BCUT2D eigenvalue weighted by atomic mass is 32.1. The summed E-state index contributed by atoms with van der Waals surface area (Å²) in [6, 6.07) is 6.62. The third-order valence-corrected chi connectivity index (χ3v) is 7.50. The van der Waals surface area contributed by atoms with Crippen molar-refractivity contribution in [1.29, 1.82) is 0 Å². The summed E-state index contributed by atoms with van der Waals surface area (Å²) >= 11 is 1.79. The molecule has 2 amide bonds. The summed E-state index contributed by atoms with van der Waals surface area (Å²) in [5, 5.41) is 4.10. The van der Waals surface area contributed by atoms with Gasteiger partial charge in [-0.25, -0.2) is 13.6 Å². The number of thiophene rings is 1. The Morgan fingerprint density at radius 1 is 1.16 bits per heavy atom. The van der Waals surface area contributed by atoms with Crippen LogP contribution in [-0.4, -0.2) is 22.0 Å². The second-order valence-corrected chi connectivity index (χ2v) is 9.35. The number of nitrogens with one attached hydrogen (secondary N) is 1. The minimum Gasteiger partial charge on any atom is -0.338 e. The summed E-state index contributed by atoms with van der Waals surface area (Å²) in [7, 11) is 0. The molecule has 4 nitrogen and oxygen atoms in total. The van der Waals surface area contributed by atoms with Gasteiger partial charge in [-0.3, -0.25) is 0 Å². The molecule has 0 bridgehead atoms. The van der Waals surface area contributed by atoms with E-state index >= 15 is 0 Å². The molecule has 0 saturated carbocycles. The van der Waals surface area contributed by atoms with Gasteiger partial charge in [0, 0.05) is 29.2 Å². The van der Waals surface area contributed by atoms with E-state index in [9.17, 15) is 13.6 Å². The SMILES string of the molecule is CCCNC(=O)N1Cc2c(sc3c2CCCC3)-n2cccc2[C@H]1c1cc(F)cc(F)c1. The number of hydrogen-bond donors (Lipinski definition) is 1. The Hall–Kier alpha value is -2.67. The fraction of sp³-hybridized carbons (Fsp3) is 0.375. The molecule has 3 heterocycles. The number of rotatable bonds is 3. The highest BCUT2D eigenvalue weighted by molar-refractivity contribution is 7.15. The molecule has 1 aliphatic carbocycles. The van der Waals surface area contributed by atoms with E-state index in [2.05, 4.69) is 9.88 Å². The Balaban J connectivity index is 1.70. The molecule has 0 saturated heterocycles. The van der Waals surface area contributed by atoms with Crippen molar-refractivity contribution in [3.05, 3.63) is 75.4 Å². The maximum absolute atomic E-state index is 14.2. The fourth-order valence-electron chi connectivity index (χ4n) is 4.80. The molecule has 0 unspecified atom stereocenters. The first-order chi connectivity index (χ1) is 15.1. The van der Waals surface area contributed by atoms with Crippen molar-refractivity contribution in [2.24, 2.45) is 0 Å². The fourth-order valence-corrected chi connectivity index (χ4v) is 6.21. The number of aryl methyl sites for hydroxylation is 1. The second kappa shape index (κ2) is 8.11. The van der Waals surface area contributed by atoms with E-state index in [0.29, 0.717) is 18.7 Å². The van der Waals surface area contributed by atoms with Gasteiger partial charge in [-0.2, -0.15) is 0 Å². The van der Waals surface area contributed by atoms with E-state index in [-0.39, 0.29) is 6.03 Å². The van der Waals surface area contributed by atoms with Crippen LogP contribution in [0.3, 0.4) is 0 Å². The van der Waals surface area contributed by atoms with E-state index in [0.717, 1.165) is 42.4 Å². The molecule has 1 N–H and O–H groups in total. The largest absolute Gasteiger partial charge is 0.338 e. The van der Waals surface area contributed by atoms with Gasteiger partial charge in [-0.15, -0.1) is 11.3 Å². The van der Waals surface area contributed by atoms with Gasteiger partial charge in [-0.05, 0) is 67.5 Å². The van der Waals surface area contributed by atoms with E-state index in [1.54, 1.807) is 16.2 Å². The molecule has 0 radical (unpaired) electrons. The minimum absolute atomic E-state index is 0.215. The molecule has 1 aliphatic heterocycles. The number of fused-ring (bicyclic) bond motifs is 5. The Bertz CT molecular complexity index is 1120. The highest BCUT2D eigenvalue weighted by Gasteiger charge is 2.36. The minimum atomic E-state index is -0.640. The molecule has 2 aliphatic rings. The number of nitrogens with zero attached hydrogens (tertiary/aromatic N) is 2. The molecule has 1 atom stereocenters. The third-order valence-electron chi connectivity index (χ3n) is 6.17. The predicted molar refractivity (Wildman–Crippen MR) is 118 cm³/mol. The predicted octanol–water partition coefficient (Wildman–Crippen LogP) is 5.72. The van der Waals surface area contributed by atoms with Gasteiger partial charge >= 0.3 is 6.03 Å². The van der Waals surface area contributed by atoms with Gasteiger partial charge in [-0.1, -0.05) is 6.92 Å². The van der Waals surface area contributed by atoms with Gasteiger partial charge in [0.2, 0.25) is 0 Å². The Morgan fingerprint density at radius 2 is 1.94 bits per heavy atom. The van der Waals surface area contributed by atoms with Gasteiger partial charge in [0.25, 0.3) is 0 Å². The number of benzene rings is 1. The van der Waals surface area contributed by atoms with Gasteiger partial charge < -0.3 is 14.8 Å². The lowest BCUT2D eigenvalue weighted by Crippen LogP contribution is -2.42. The van der Waals surface area contributed by atoms with Crippen LogP contribution in [0.5, 0.6) is 0 Å². The summed E-state index contributed by atoms with van der Waals surface area (Å²) in [6.45, 7) is 2.97. The lowest BCUT2D eigenvalue weighted by atomic mass is 9.95. The molecular formula is C24H25F2N3OS. The Kier molecular flexibility index (Phi) is 5.30. The number of carbonyl (C=O) groups is 1. The van der Waals surface area contributed by atoms with Crippen LogP contribution in [0.1, 0.15) is 59.5 Å². The van der Waals surface area contributed by atoms with Crippen LogP contribution >= 0.6 is 11.3 Å². The maximum atomic E-state index is 14.2. The van der Waals surface area contributed by atoms with E-state index in [4.69, 9.17) is 0 Å². The monoisotopic (exact) mass is 441 g/mol. The van der Waals surface area contributed by atoms with Crippen LogP contribution in [0.15, 0.2) is 36.5 Å². The zero-order chi connectivity index (χ0) is 21.5. The van der Waals surface area contributed by atoms with Crippen LogP contribution in [0.25, 0.3) is 5.00 Å². The molecule has 31 heavy (non-hydrogen) atoms. The zero-order valence-electron chi connectivity index (χ0n) is 17.5. The first kappa shape index (κ1) is 20.2. The van der Waals surface area contributed by atoms with E-state index in [1.807, 2.05) is 25.3 Å². The number of aromatic nitrogens is 1. The van der Waals surface area contributed by atoms with Crippen molar-refractivity contribution in [3.63, 3.8) is 0 Å². The average Bonchev–Trinajstić information content (AvgIpc) is 3.33. The second-order valence-electron chi connectivity index (χ2n) is 8.26. The van der Waals surface area contributed by atoms with Gasteiger partial charge in [0.1, 0.15) is 22.7 Å². The molecule has 7 heteroatoms. The standard InChI is InChI=1S/C24H25F2N3OS/c1-2-9-27-24(30)29-14-19-18-6-3-4-8-21(18)31-23(19)28-10-5-7-20(28)22(29)15-11-16(25)13-17(26)12-15/h5,7,10-13,22H,2-4,6,8-9,14H2,1H3,(H,27,30)/t22-/m1/s1. The topological polar surface area (TPSA) is 37.3 Å². The highest BCUT2D eigenvalue weighted by Crippen LogP contribution is 2.44. The van der Waals surface area contributed by atoms with Gasteiger partial charge in [0.05, 0.1) is 12.2 Å². The van der Waals surface area contributed by atoms with Crippen LogP contribution < -0.4 is 5.32 Å². The lowest BCUT2D eigenvalue weighted by Gasteiger charge is -2.31. The molecule has 2 aromatic heterocycles. The van der Waals surface area contributed by atoms with Gasteiger partial charge in [0.15, 0.2) is 0 Å².